The number of rotatable bonds is 5. The van der Waals surface area contributed by atoms with Gasteiger partial charge in [-0.05, 0) is 44.1 Å². The molecule has 2 nitrogen and oxygen atoms in total. The number of aromatic nitrogens is 2. The Morgan fingerprint density at radius 3 is 2.87 bits per heavy atom. The standard InChI is InChI=1S/C12H19ClN2/c1-3-10(2)15-7-4-11(14-15)8-12(9-13)5-6-12/h4,7,10H,3,5-6,8-9H2,1-2H3. The number of hydrogen-bond donors (Lipinski definition) is 0. The molecule has 1 aromatic rings. The van der Waals surface area contributed by atoms with E-state index >= 15 is 0 Å². The van der Waals surface area contributed by atoms with Gasteiger partial charge in [-0.2, -0.15) is 5.10 Å². The van der Waals surface area contributed by atoms with Crippen LogP contribution in [0, 0.1) is 5.41 Å². The molecule has 2 rings (SSSR count). The Morgan fingerprint density at radius 1 is 1.60 bits per heavy atom. The van der Waals surface area contributed by atoms with Crippen LogP contribution < -0.4 is 0 Å². The van der Waals surface area contributed by atoms with Gasteiger partial charge in [-0.1, -0.05) is 6.92 Å². The molecule has 1 aliphatic carbocycles. The number of nitrogens with zero attached hydrogens (tertiary/aromatic N) is 2. The van der Waals surface area contributed by atoms with Crippen LogP contribution in [0.15, 0.2) is 12.3 Å². The maximum atomic E-state index is 5.97. The zero-order valence-corrected chi connectivity index (χ0v) is 10.3. The van der Waals surface area contributed by atoms with Gasteiger partial charge in [0, 0.05) is 18.1 Å². The quantitative estimate of drug-likeness (QED) is 0.704. The minimum Gasteiger partial charge on any atom is -0.270 e. The lowest BCUT2D eigenvalue weighted by molar-refractivity contribution is 0.466. The summed E-state index contributed by atoms with van der Waals surface area (Å²) in [5, 5.41) is 4.61. The highest BCUT2D eigenvalue weighted by atomic mass is 35.5. The third-order valence-corrected chi connectivity index (χ3v) is 4.07. The van der Waals surface area contributed by atoms with Crippen LogP contribution in [-0.4, -0.2) is 15.7 Å². The van der Waals surface area contributed by atoms with Crippen molar-refractivity contribution in [3.63, 3.8) is 0 Å². The highest BCUT2D eigenvalue weighted by molar-refractivity contribution is 6.18. The van der Waals surface area contributed by atoms with E-state index < -0.39 is 0 Å². The first kappa shape index (κ1) is 11.0. The molecule has 1 atom stereocenters. The zero-order chi connectivity index (χ0) is 10.9. The van der Waals surface area contributed by atoms with Gasteiger partial charge in [0.25, 0.3) is 0 Å². The van der Waals surface area contributed by atoms with Crippen molar-refractivity contribution in [3.8, 4) is 0 Å². The molecule has 1 unspecified atom stereocenters. The highest BCUT2D eigenvalue weighted by Crippen LogP contribution is 2.48. The first-order chi connectivity index (χ1) is 7.19. The summed E-state index contributed by atoms with van der Waals surface area (Å²) in [6.07, 6.45) is 6.81. The van der Waals surface area contributed by atoms with E-state index in [2.05, 4.69) is 35.9 Å². The fourth-order valence-corrected chi connectivity index (χ4v) is 2.18. The molecule has 0 bridgehead atoms. The van der Waals surface area contributed by atoms with Crippen molar-refractivity contribution < 1.29 is 0 Å². The van der Waals surface area contributed by atoms with Gasteiger partial charge in [-0.3, -0.25) is 4.68 Å². The van der Waals surface area contributed by atoms with Crippen LogP contribution in [0.3, 0.4) is 0 Å². The predicted molar refractivity (Wildman–Crippen MR) is 63.3 cm³/mol. The lowest BCUT2D eigenvalue weighted by Gasteiger charge is -2.10. The minimum absolute atomic E-state index is 0.385. The third kappa shape index (κ3) is 2.36. The Kier molecular flexibility index (Phi) is 3.06. The monoisotopic (exact) mass is 226 g/mol. The van der Waals surface area contributed by atoms with E-state index in [0.29, 0.717) is 11.5 Å². The Morgan fingerprint density at radius 2 is 2.33 bits per heavy atom. The van der Waals surface area contributed by atoms with Crippen molar-refractivity contribution in [2.45, 2.75) is 45.6 Å². The van der Waals surface area contributed by atoms with Crippen molar-refractivity contribution in [1.29, 1.82) is 0 Å². The Labute approximate surface area is 96.6 Å². The molecular weight excluding hydrogens is 208 g/mol. The van der Waals surface area contributed by atoms with Crippen molar-refractivity contribution in [3.05, 3.63) is 18.0 Å². The van der Waals surface area contributed by atoms with Crippen LogP contribution in [0.5, 0.6) is 0 Å². The topological polar surface area (TPSA) is 17.8 Å². The lowest BCUT2D eigenvalue weighted by Crippen LogP contribution is -2.09. The van der Waals surface area contributed by atoms with E-state index in [1.165, 1.54) is 18.5 Å². The van der Waals surface area contributed by atoms with Gasteiger partial charge >= 0.3 is 0 Å². The number of alkyl halides is 1. The van der Waals surface area contributed by atoms with Crippen molar-refractivity contribution in [2.24, 2.45) is 5.41 Å². The maximum absolute atomic E-state index is 5.97. The van der Waals surface area contributed by atoms with Crippen LogP contribution in [0.4, 0.5) is 0 Å². The maximum Gasteiger partial charge on any atom is 0.0630 e. The van der Waals surface area contributed by atoms with Gasteiger partial charge in [0.1, 0.15) is 0 Å². The molecule has 0 radical (unpaired) electrons. The van der Waals surface area contributed by atoms with E-state index in [1.807, 2.05) is 0 Å². The van der Waals surface area contributed by atoms with E-state index in [0.717, 1.165) is 18.7 Å². The Bertz CT molecular complexity index is 328. The van der Waals surface area contributed by atoms with Crippen LogP contribution in [0.1, 0.15) is 44.8 Å². The summed E-state index contributed by atoms with van der Waals surface area (Å²) in [5.74, 6) is 0.781. The number of halogens is 1. The molecule has 3 heteroatoms. The molecule has 1 aliphatic rings. The molecule has 1 saturated carbocycles. The molecule has 0 amide bonds. The fraction of sp³-hybridized carbons (Fsp3) is 0.750. The third-order valence-electron chi connectivity index (χ3n) is 3.50. The molecule has 0 aliphatic heterocycles. The van der Waals surface area contributed by atoms with Gasteiger partial charge in [0.15, 0.2) is 0 Å². The van der Waals surface area contributed by atoms with E-state index in [9.17, 15) is 0 Å². The highest BCUT2D eigenvalue weighted by Gasteiger charge is 2.42. The van der Waals surface area contributed by atoms with Gasteiger partial charge < -0.3 is 0 Å². The van der Waals surface area contributed by atoms with E-state index in [4.69, 9.17) is 11.6 Å². The first-order valence-electron chi connectivity index (χ1n) is 5.79. The first-order valence-corrected chi connectivity index (χ1v) is 6.32. The molecule has 1 fully saturated rings. The second-order valence-electron chi connectivity index (χ2n) is 4.85. The van der Waals surface area contributed by atoms with Crippen LogP contribution >= 0.6 is 11.6 Å². The summed E-state index contributed by atoms with van der Waals surface area (Å²) in [5.41, 5.74) is 1.59. The number of hydrogen-bond acceptors (Lipinski definition) is 1. The molecule has 0 aromatic carbocycles. The van der Waals surface area contributed by atoms with Gasteiger partial charge in [-0.25, -0.2) is 0 Å². The average molecular weight is 227 g/mol. The smallest absolute Gasteiger partial charge is 0.0630 e. The summed E-state index contributed by atoms with van der Waals surface area (Å²) < 4.78 is 2.07. The second-order valence-corrected chi connectivity index (χ2v) is 5.12. The SMILES string of the molecule is CCC(C)n1ccc(CC2(CCl)CC2)n1. The Balaban J connectivity index is 2.01. The van der Waals surface area contributed by atoms with Crippen LogP contribution in [0.25, 0.3) is 0 Å². The predicted octanol–water partition coefficient (Wildman–Crippen LogP) is 3.42. The molecule has 0 saturated heterocycles. The lowest BCUT2D eigenvalue weighted by atomic mass is 10.0. The van der Waals surface area contributed by atoms with E-state index in [-0.39, 0.29) is 0 Å². The van der Waals surface area contributed by atoms with Crippen molar-refractivity contribution in [2.75, 3.05) is 5.88 Å². The van der Waals surface area contributed by atoms with Crippen molar-refractivity contribution in [1.82, 2.24) is 9.78 Å². The summed E-state index contributed by atoms with van der Waals surface area (Å²) >= 11 is 5.97. The molecular formula is C12H19ClN2. The fourth-order valence-electron chi connectivity index (χ4n) is 1.82. The second kappa shape index (κ2) is 4.17. The van der Waals surface area contributed by atoms with E-state index in [1.54, 1.807) is 0 Å². The summed E-state index contributed by atoms with van der Waals surface area (Å²) in [6, 6.07) is 2.64. The minimum atomic E-state index is 0.385. The van der Waals surface area contributed by atoms with Gasteiger partial charge in [0.2, 0.25) is 0 Å². The average Bonchev–Trinajstić information content (AvgIpc) is 2.87. The van der Waals surface area contributed by atoms with Crippen molar-refractivity contribution >= 4 is 11.6 Å². The molecule has 1 aromatic heterocycles. The molecule has 15 heavy (non-hydrogen) atoms. The summed E-state index contributed by atoms with van der Waals surface area (Å²) in [4.78, 5) is 0. The van der Waals surface area contributed by atoms with Gasteiger partial charge in [-0.15, -0.1) is 11.6 Å². The molecule has 84 valence electrons. The van der Waals surface area contributed by atoms with Gasteiger partial charge in [0.05, 0.1) is 5.69 Å². The molecule has 0 spiro atoms. The summed E-state index contributed by atoms with van der Waals surface area (Å²) in [7, 11) is 0. The largest absolute Gasteiger partial charge is 0.270 e. The Hall–Kier alpha value is -0.500. The normalized spacial score (nSPS) is 20.2. The van der Waals surface area contributed by atoms with Crippen LogP contribution in [0.2, 0.25) is 0 Å². The summed E-state index contributed by atoms with van der Waals surface area (Å²) in [6.45, 7) is 4.39. The van der Waals surface area contributed by atoms with Crippen LogP contribution in [-0.2, 0) is 6.42 Å². The zero-order valence-electron chi connectivity index (χ0n) is 9.54. The molecule has 1 heterocycles. The molecule has 0 N–H and O–H groups in total.